The monoisotopic (exact) mass is 542 g/mol. The first kappa shape index (κ1) is 34.6. The van der Waals surface area contributed by atoms with E-state index in [1.54, 1.807) is 0 Å². The number of ketones is 1. The van der Waals surface area contributed by atoms with E-state index in [-0.39, 0.29) is 24.0 Å². The third-order valence-electron chi connectivity index (χ3n) is 4.59. The van der Waals surface area contributed by atoms with E-state index >= 15 is 0 Å². The quantitative estimate of drug-likeness (QED) is 0.348. The summed E-state index contributed by atoms with van der Waals surface area (Å²) in [7, 11) is 0. The molecule has 0 spiro atoms. The molecule has 1 aliphatic rings. The first-order chi connectivity index (χ1) is 17.8. The number of Topliss-reactive ketones (excluding diaryl/α,β-unsaturated/α-hetero) is 1. The van der Waals surface area contributed by atoms with Crippen molar-refractivity contribution in [1.82, 2.24) is 31.2 Å². The van der Waals surface area contributed by atoms with Crippen LogP contribution in [0.3, 0.4) is 0 Å². The molecular formula is C27H54N6O5. The lowest BCUT2D eigenvalue weighted by Crippen LogP contribution is -2.50. The maximum atomic E-state index is 12.0. The van der Waals surface area contributed by atoms with Crippen LogP contribution in [0, 0.1) is 5.41 Å². The van der Waals surface area contributed by atoms with E-state index in [1.165, 1.54) is 31.9 Å². The largest absolute Gasteiger partial charge is 0.347 e. The zero-order valence-corrected chi connectivity index (χ0v) is 24.0. The summed E-state index contributed by atoms with van der Waals surface area (Å²) in [5, 5.41) is 9.76. The van der Waals surface area contributed by atoms with E-state index in [1.807, 2.05) is 0 Å². The summed E-state index contributed by atoms with van der Waals surface area (Å²) in [6.45, 7) is 13.6. The fourth-order valence-electron chi connectivity index (χ4n) is 2.94. The Hall–Kier alpha value is -3.37. The Morgan fingerprint density at radius 1 is 0.974 bits per heavy atom. The van der Waals surface area contributed by atoms with Crippen molar-refractivity contribution in [3.05, 3.63) is 24.3 Å². The van der Waals surface area contributed by atoms with Crippen molar-refractivity contribution < 1.29 is 29.7 Å². The van der Waals surface area contributed by atoms with E-state index in [2.05, 4.69) is 72.8 Å². The molecule has 11 heteroatoms. The Morgan fingerprint density at radius 2 is 1.55 bits per heavy atom. The molecule has 2 rings (SSSR count). The Morgan fingerprint density at radius 3 is 2.08 bits per heavy atom. The standard InChI is InChI=1S/C19H26N6O5.C5H12.C3H8.4H2/c1-12(24-16(27)11-23-18(29)14-9-20-7-8-21-14)17(28)22-10-15(26)19(30)25-13-5-3-2-4-6-13;1-5(2,3)4;1-3-2;;;;/h7-9,12-13H,2-6,10-11H2,1H3,(H,22,28)(H,23,29)(H,24,27)(H,25,30);1-4H3;3H2,1-2H3;4*1H/t12-;;;;;;/m0....../s1. The average molecular weight is 543 g/mol. The van der Waals surface area contributed by atoms with Crippen molar-refractivity contribution in [3.8, 4) is 0 Å². The van der Waals surface area contributed by atoms with Crippen LogP contribution in [0.1, 0.15) is 103 Å². The molecule has 4 amide bonds. The van der Waals surface area contributed by atoms with Crippen LogP contribution in [0.5, 0.6) is 0 Å². The number of nitrogens with one attached hydrogen (secondary N) is 4. The van der Waals surface area contributed by atoms with Crippen molar-refractivity contribution in [3.63, 3.8) is 0 Å². The van der Waals surface area contributed by atoms with E-state index < -0.39 is 42.0 Å². The van der Waals surface area contributed by atoms with E-state index in [9.17, 15) is 24.0 Å². The van der Waals surface area contributed by atoms with Gasteiger partial charge in [0, 0.05) is 24.1 Å². The van der Waals surface area contributed by atoms with Crippen molar-refractivity contribution >= 4 is 29.4 Å². The first-order valence-corrected chi connectivity index (χ1v) is 13.2. The van der Waals surface area contributed by atoms with Crippen LogP contribution in [0.4, 0.5) is 0 Å². The summed E-state index contributed by atoms with van der Waals surface area (Å²) in [4.78, 5) is 67.1. The molecule has 1 aromatic rings. The molecule has 0 aliphatic heterocycles. The van der Waals surface area contributed by atoms with Gasteiger partial charge in [-0.3, -0.25) is 29.0 Å². The maximum Gasteiger partial charge on any atom is 0.289 e. The topological polar surface area (TPSA) is 159 Å². The zero-order valence-electron chi connectivity index (χ0n) is 24.0. The van der Waals surface area contributed by atoms with Crippen molar-refractivity contribution in [2.75, 3.05) is 13.1 Å². The van der Waals surface area contributed by atoms with E-state index in [4.69, 9.17) is 0 Å². The summed E-state index contributed by atoms with van der Waals surface area (Å²) >= 11 is 0. The van der Waals surface area contributed by atoms with Crippen LogP contribution in [0.25, 0.3) is 0 Å². The molecule has 1 aliphatic carbocycles. The summed E-state index contributed by atoms with van der Waals surface area (Å²) in [5.74, 6) is -3.27. The molecule has 1 saturated carbocycles. The van der Waals surface area contributed by atoms with Crippen molar-refractivity contribution in [2.24, 2.45) is 5.41 Å². The third kappa shape index (κ3) is 18.0. The summed E-state index contributed by atoms with van der Waals surface area (Å²) in [6, 6.07) is -0.957. The van der Waals surface area contributed by atoms with Gasteiger partial charge in [-0.2, -0.15) is 0 Å². The number of hydrogen-bond donors (Lipinski definition) is 4. The minimum atomic E-state index is -0.958. The number of hydrogen-bond acceptors (Lipinski definition) is 7. The molecule has 1 aromatic heterocycles. The number of aromatic nitrogens is 2. The Balaban J connectivity index is -0.000000338. The van der Waals surface area contributed by atoms with Gasteiger partial charge in [0.15, 0.2) is 0 Å². The van der Waals surface area contributed by atoms with Gasteiger partial charge in [0.05, 0.1) is 19.3 Å². The van der Waals surface area contributed by atoms with Crippen molar-refractivity contribution in [1.29, 1.82) is 0 Å². The molecule has 1 heterocycles. The molecule has 4 N–H and O–H groups in total. The van der Waals surface area contributed by atoms with Gasteiger partial charge in [0.1, 0.15) is 11.7 Å². The lowest BCUT2D eigenvalue weighted by Gasteiger charge is -2.22. The number of amides is 4. The summed E-state index contributed by atoms with van der Waals surface area (Å²) in [5.41, 5.74) is 0.557. The Bertz CT molecular complexity index is 893. The second-order valence-corrected chi connectivity index (χ2v) is 10.7. The molecule has 0 bridgehead atoms. The number of carbonyl (C=O) groups is 5. The minimum Gasteiger partial charge on any atom is -0.347 e. The highest BCUT2D eigenvalue weighted by molar-refractivity contribution is 6.37. The summed E-state index contributed by atoms with van der Waals surface area (Å²) < 4.78 is 0. The average Bonchev–Trinajstić information content (AvgIpc) is 2.86. The van der Waals surface area contributed by atoms with Gasteiger partial charge in [-0.1, -0.05) is 67.2 Å². The molecule has 0 radical (unpaired) electrons. The predicted molar refractivity (Wildman–Crippen MR) is 155 cm³/mol. The summed E-state index contributed by atoms with van der Waals surface area (Å²) in [6.07, 6.45) is 10.1. The molecule has 0 aromatic carbocycles. The van der Waals surface area contributed by atoms with Gasteiger partial charge in [-0.05, 0) is 25.2 Å². The number of rotatable bonds is 9. The highest BCUT2D eigenvalue weighted by Crippen LogP contribution is 2.17. The highest BCUT2D eigenvalue weighted by Gasteiger charge is 2.22. The van der Waals surface area contributed by atoms with Crippen LogP contribution < -0.4 is 21.3 Å². The lowest BCUT2D eigenvalue weighted by molar-refractivity contribution is -0.138. The SMILES string of the molecule is CC(C)(C)C.CCC.C[C@H](NC(=O)CNC(=O)c1cnccn1)C(=O)NCC(=O)C(=O)NC1CCCCC1.[HH].[HH].[HH].[HH]. The number of carbonyl (C=O) groups excluding carboxylic acids is 5. The fourth-order valence-corrected chi connectivity index (χ4v) is 2.94. The van der Waals surface area contributed by atoms with Gasteiger partial charge in [0.2, 0.25) is 17.6 Å². The van der Waals surface area contributed by atoms with Crippen LogP contribution in [0.2, 0.25) is 0 Å². The van der Waals surface area contributed by atoms with Crippen LogP contribution in [-0.4, -0.2) is 64.6 Å². The van der Waals surface area contributed by atoms with Crippen LogP contribution in [-0.2, 0) is 19.2 Å². The molecule has 1 fully saturated rings. The number of nitrogens with zero attached hydrogens (tertiary/aromatic N) is 2. The smallest absolute Gasteiger partial charge is 0.289 e. The van der Waals surface area contributed by atoms with E-state index in [0.717, 1.165) is 32.1 Å². The molecule has 1 atom stereocenters. The molecule has 38 heavy (non-hydrogen) atoms. The molecule has 11 nitrogen and oxygen atoms in total. The first-order valence-electron chi connectivity index (χ1n) is 13.2. The zero-order chi connectivity index (χ0) is 29.1. The second kappa shape index (κ2) is 18.8. The van der Waals surface area contributed by atoms with Crippen LogP contribution >= 0.6 is 0 Å². The third-order valence-corrected chi connectivity index (χ3v) is 4.59. The fraction of sp³-hybridized carbons (Fsp3) is 0.667. The maximum absolute atomic E-state index is 12.0. The van der Waals surface area contributed by atoms with Crippen LogP contribution in [0.15, 0.2) is 18.6 Å². The van der Waals surface area contributed by atoms with Gasteiger partial charge in [0.25, 0.3) is 11.8 Å². The highest BCUT2D eigenvalue weighted by atomic mass is 16.2. The molecule has 0 saturated heterocycles. The van der Waals surface area contributed by atoms with Gasteiger partial charge in [-0.15, -0.1) is 0 Å². The second-order valence-electron chi connectivity index (χ2n) is 10.7. The van der Waals surface area contributed by atoms with Gasteiger partial charge in [-0.25, -0.2) is 4.98 Å². The minimum absolute atomic E-state index is 0. The van der Waals surface area contributed by atoms with Gasteiger partial charge >= 0.3 is 0 Å². The Kier molecular flexibility index (Phi) is 17.1. The van der Waals surface area contributed by atoms with Gasteiger partial charge < -0.3 is 21.3 Å². The normalized spacial score (nSPS) is 13.8. The van der Waals surface area contributed by atoms with Crippen molar-refractivity contribution in [2.45, 2.75) is 99.1 Å². The Labute approximate surface area is 232 Å². The predicted octanol–water partition coefficient (Wildman–Crippen LogP) is 3.30. The lowest BCUT2D eigenvalue weighted by atomic mass is 9.95. The van der Waals surface area contributed by atoms with E-state index in [0.29, 0.717) is 5.41 Å². The molecule has 222 valence electrons. The molecule has 0 unspecified atom stereocenters. The molecular weight excluding hydrogens is 488 g/mol.